The van der Waals surface area contributed by atoms with Gasteiger partial charge in [-0.15, -0.1) is 11.3 Å². The molecule has 1 aliphatic rings. The van der Waals surface area contributed by atoms with Crippen LogP contribution in [0.4, 0.5) is 5.82 Å². The van der Waals surface area contributed by atoms with Crippen molar-refractivity contribution in [2.24, 2.45) is 5.73 Å². The number of nitrogens with zero attached hydrogens (tertiary/aromatic N) is 2. The lowest BCUT2D eigenvalue weighted by Crippen LogP contribution is -2.43. The van der Waals surface area contributed by atoms with E-state index >= 15 is 0 Å². The van der Waals surface area contributed by atoms with Gasteiger partial charge in [-0.2, -0.15) is 0 Å². The van der Waals surface area contributed by atoms with Gasteiger partial charge in [0.2, 0.25) is 0 Å². The molecule has 0 aromatic carbocycles. The molecule has 0 amide bonds. The van der Waals surface area contributed by atoms with E-state index in [1.807, 2.05) is 11.4 Å². The van der Waals surface area contributed by atoms with Crippen LogP contribution in [-0.4, -0.2) is 22.1 Å². The standard InChI is InChI=1S/C12H16N4S/c13-7-12(4-1-2-5-12)16-11-10-9(3-6-17-10)14-8-15-11/h3,6,8H,1-2,4-5,7,13H2,(H,14,15,16). The lowest BCUT2D eigenvalue weighted by molar-refractivity contribution is 0.492. The molecule has 0 saturated heterocycles. The number of hydrogen-bond donors (Lipinski definition) is 2. The van der Waals surface area contributed by atoms with Crippen LogP contribution in [0, 0.1) is 0 Å². The lowest BCUT2D eigenvalue weighted by Gasteiger charge is -2.29. The zero-order valence-corrected chi connectivity index (χ0v) is 10.5. The Morgan fingerprint density at radius 3 is 2.94 bits per heavy atom. The summed E-state index contributed by atoms with van der Waals surface area (Å²) in [6, 6.07) is 2.02. The summed E-state index contributed by atoms with van der Waals surface area (Å²) in [4.78, 5) is 8.62. The number of fused-ring (bicyclic) bond motifs is 1. The Balaban J connectivity index is 1.96. The molecular weight excluding hydrogens is 232 g/mol. The Labute approximate surface area is 104 Å². The maximum Gasteiger partial charge on any atom is 0.147 e. The second-order valence-corrected chi connectivity index (χ2v) is 5.59. The lowest BCUT2D eigenvalue weighted by atomic mass is 9.98. The molecule has 3 rings (SSSR count). The minimum absolute atomic E-state index is 0.0469. The summed E-state index contributed by atoms with van der Waals surface area (Å²) in [6.07, 6.45) is 6.41. The first-order valence-corrected chi connectivity index (χ1v) is 6.87. The highest BCUT2D eigenvalue weighted by molar-refractivity contribution is 7.17. The third-order valence-electron chi connectivity index (χ3n) is 3.58. The van der Waals surface area contributed by atoms with Gasteiger partial charge in [-0.25, -0.2) is 9.97 Å². The molecule has 1 saturated carbocycles. The van der Waals surface area contributed by atoms with Crippen molar-refractivity contribution in [3.05, 3.63) is 17.8 Å². The smallest absolute Gasteiger partial charge is 0.147 e. The van der Waals surface area contributed by atoms with Crippen LogP contribution in [0.25, 0.3) is 10.2 Å². The number of nitrogens with two attached hydrogens (primary N) is 1. The van der Waals surface area contributed by atoms with E-state index in [4.69, 9.17) is 5.73 Å². The minimum Gasteiger partial charge on any atom is -0.362 e. The molecule has 0 atom stereocenters. The molecule has 2 aromatic rings. The van der Waals surface area contributed by atoms with Crippen molar-refractivity contribution in [1.29, 1.82) is 0 Å². The van der Waals surface area contributed by atoms with Gasteiger partial charge in [0.15, 0.2) is 0 Å². The highest BCUT2D eigenvalue weighted by Crippen LogP contribution is 2.34. The Hall–Kier alpha value is -1.20. The van der Waals surface area contributed by atoms with Crippen molar-refractivity contribution >= 4 is 27.4 Å². The highest BCUT2D eigenvalue weighted by atomic mass is 32.1. The van der Waals surface area contributed by atoms with E-state index in [1.54, 1.807) is 17.7 Å². The number of aromatic nitrogens is 2. The van der Waals surface area contributed by atoms with Gasteiger partial charge in [-0.05, 0) is 24.3 Å². The van der Waals surface area contributed by atoms with Crippen LogP contribution >= 0.6 is 11.3 Å². The van der Waals surface area contributed by atoms with Gasteiger partial charge in [0, 0.05) is 6.54 Å². The zero-order chi connectivity index (χ0) is 11.7. The van der Waals surface area contributed by atoms with Crippen molar-refractivity contribution in [2.75, 3.05) is 11.9 Å². The van der Waals surface area contributed by atoms with E-state index < -0.39 is 0 Å². The molecule has 0 spiro atoms. The van der Waals surface area contributed by atoms with Crippen LogP contribution in [0.3, 0.4) is 0 Å². The quantitative estimate of drug-likeness (QED) is 0.875. The summed E-state index contributed by atoms with van der Waals surface area (Å²) in [5.41, 5.74) is 6.99. The number of thiophene rings is 1. The van der Waals surface area contributed by atoms with Gasteiger partial charge in [-0.1, -0.05) is 12.8 Å². The molecule has 4 nitrogen and oxygen atoms in total. The van der Waals surface area contributed by atoms with Gasteiger partial charge < -0.3 is 11.1 Å². The molecule has 90 valence electrons. The maximum absolute atomic E-state index is 5.93. The SMILES string of the molecule is NCC1(Nc2ncnc3ccsc23)CCCC1. The summed E-state index contributed by atoms with van der Waals surface area (Å²) < 4.78 is 1.13. The van der Waals surface area contributed by atoms with Crippen molar-refractivity contribution in [2.45, 2.75) is 31.2 Å². The molecule has 17 heavy (non-hydrogen) atoms. The van der Waals surface area contributed by atoms with Crippen LogP contribution in [0.5, 0.6) is 0 Å². The zero-order valence-electron chi connectivity index (χ0n) is 9.65. The van der Waals surface area contributed by atoms with Crippen molar-refractivity contribution < 1.29 is 0 Å². The fraction of sp³-hybridized carbons (Fsp3) is 0.500. The molecule has 0 aliphatic heterocycles. The average Bonchev–Trinajstić information content (AvgIpc) is 2.98. The van der Waals surface area contributed by atoms with Crippen LogP contribution in [0.2, 0.25) is 0 Å². The minimum atomic E-state index is 0.0469. The molecule has 1 aliphatic carbocycles. The number of anilines is 1. The summed E-state index contributed by atoms with van der Waals surface area (Å²) in [6.45, 7) is 0.671. The van der Waals surface area contributed by atoms with Crippen molar-refractivity contribution in [3.63, 3.8) is 0 Å². The summed E-state index contributed by atoms with van der Waals surface area (Å²) in [7, 11) is 0. The van der Waals surface area contributed by atoms with Gasteiger partial charge >= 0.3 is 0 Å². The Morgan fingerprint density at radius 2 is 2.18 bits per heavy atom. The predicted octanol–water partition coefficient (Wildman–Crippen LogP) is 2.37. The summed E-state index contributed by atoms with van der Waals surface area (Å²) in [5, 5.41) is 5.62. The molecular formula is C12H16N4S. The van der Waals surface area contributed by atoms with Crippen LogP contribution in [0.15, 0.2) is 17.8 Å². The van der Waals surface area contributed by atoms with Crippen molar-refractivity contribution in [1.82, 2.24) is 9.97 Å². The predicted molar refractivity (Wildman–Crippen MR) is 71.3 cm³/mol. The van der Waals surface area contributed by atoms with E-state index in [2.05, 4.69) is 15.3 Å². The van der Waals surface area contributed by atoms with Crippen molar-refractivity contribution in [3.8, 4) is 0 Å². The molecule has 1 fully saturated rings. The van der Waals surface area contributed by atoms with Gasteiger partial charge in [0.1, 0.15) is 12.1 Å². The van der Waals surface area contributed by atoms with Crippen LogP contribution in [0.1, 0.15) is 25.7 Å². The number of hydrogen-bond acceptors (Lipinski definition) is 5. The fourth-order valence-corrected chi connectivity index (χ4v) is 3.35. The van der Waals surface area contributed by atoms with E-state index in [-0.39, 0.29) is 5.54 Å². The van der Waals surface area contributed by atoms with E-state index in [9.17, 15) is 0 Å². The summed E-state index contributed by atoms with van der Waals surface area (Å²) >= 11 is 1.68. The van der Waals surface area contributed by atoms with E-state index in [0.717, 1.165) is 28.9 Å². The molecule has 0 bridgehead atoms. The maximum atomic E-state index is 5.93. The van der Waals surface area contributed by atoms with Gasteiger partial charge in [-0.3, -0.25) is 0 Å². The third-order valence-corrected chi connectivity index (χ3v) is 4.49. The molecule has 3 N–H and O–H groups in total. The first-order chi connectivity index (χ1) is 8.33. The largest absolute Gasteiger partial charge is 0.362 e. The second kappa shape index (κ2) is 4.23. The molecule has 2 aromatic heterocycles. The molecule has 0 unspecified atom stereocenters. The molecule has 2 heterocycles. The Morgan fingerprint density at radius 1 is 1.35 bits per heavy atom. The number of nitrogens with one attached hydrogen (secondary N) is 1. The molecule has 0 radical (unpaired) electrons. The Bertz CT molecular complexity index is 516. The molecule has 5 heteroatoms. The van der Waals surface area contributed by atoms with Crippen LogP contribution in [-0.2, 0) is 0 Å². The average molecular weight is 248 g/mol. The first kappa shape index (κ1) is 10.9. The van der Waals surface area contributed by atoms with E-state index in [0.29, 0.717) is 6.54 Å². The van der Waals surface area contributed by atoms with Crippen LogP contribution < -0.4 is 11.1 Å². The Kier molecular flexibility index (Phi) is 2.72. The monoisotopic (exact) mass is 248 g/mol. The fourth-order valence-electron chi connectivity index (χ4n) is 2.56. The van der Waals surface area contributed by atoms with Gasteiger partial charge in [0.05, 0.1) is 15.8 Å². The highest BCUT2D eigenvalue weighted by Gasteiger charge is 2.33. The topological polar surface area (TPSA) is 63.8 Å². The van der Waals surface area contributed by atoms with E-state index in [1.165, 1.54) is 12.8 Å². The first-order valence-electron chi connectivity index (χ1n) is 5.99. The number of rotatable bonds is 3. The second-order valence-electron chi connectivity index (χ2n) is 4.67. The third kappa shape index (κ3) is 1.89. The normalized spacial score (nSPS) is 18.6. The summed E-state index contributed by atoms with van der Waals surface area (Å²) in [5.74, 6) is 0.942. The van der Waals surface area contributed by atoms with Gasteiger partial charge in [0.25, 0.3) is 0 Å².